The van der Waals surface area contributed by atoms with Crippen LogP contribution in [0.25, 0.3) is 0 Å². The summed E-state index contributed by atoms with van der Waals surface area (Å²) in [6.45, 7) is 0. The van der Waals surface area contributed by atoms with Crippen molar-refractivity contribution in [1.82, 2.24) is 0 Å². The maximum atomic E-state index is 11.6. The predicted octanol–water partition coefficient (Wildman–Crippen LogP) is 0.174. The number of carbonyl (C=O) groups excluding carboxylic acids is 3. The number of hydrogen-bond donors (Lipinski definition) is 0. The van der Waals surface area contributed by atoms with Gasteiger partial charge in [-0.15, -0.1) is 0 Å². The molecule has 0 aliphatic heterocycles. The third-order valence-electron chi connectivity index (χ3n) is 3.71. The van der Waals surface area contributed by atoms with E-state index in [0.29, 0.717) is 12.8 Å². The standard InChI is InChI=1S/C11H14O5/c1-15-10(13)8-5-3-6(7(12)4-5)9(8)11(14)16-2/h5-6,8-9H,3-4H2,1-2H3/t5-,6-,8-,9+/m1/s1. The van der Waals surface area contributed by atoms with E-state index >= 15 is 0 Å². The second-order valence-corrected chi connectivity index (χ2v) is 4.37. The topological polar surface area (TPSA) is 69.7 Å². The monoisotopic (exact) mass is 226 g/mol. The Balaban J connectivity index is 2.27. The molecule has 4 atom stereocenters. The third kappa shape index (κ3) is 1.42. The van der Waals surface area contributed by atoms with Gasteiger partial charge >= 0.3 is 11.9 Å². The number of ether oxygens (including phenoxy) is 2. The fraction of sp³-hybridized carbons (Fsp3) is 0.727. The minimum atomic E-state index is -0.635. The third-order valence-corrected chi connectivity index (χ3v) is 3.71. The Morgan fingerprint density at radius 2 is 1.69 bits per heavy atom. The minimum Gasteiger partial charge on any atom is -0.469 e. The van der Waals surface area contributed by atoms with Crippen LogP contribution in [0.15, 0.2) is 0 Å². The second kappa shape index (κ2) is 3.88. The molecule has 0 spiro atoms. The van der Waals surface area contributed by atoms with Gasteiger partial charge in [-0.3, -0.25) is 14.4 Å². The normalized spacial score (nSPS) is 36.2. The van der Waals surface area contributed by atoms with Crippen molar-refractivity contribution in [3.8, 4) is 0 Å². The first-order chi connectivity index (χ1) is 7.60. The van der Waals surface area contributed by atoms with Crippen LogP contribution in [0.1, 0.15) is 12.8 Å². The van der Waals surface area contributed by atoms with Gasteiger partial charge in [0, 0.05) is 12.3 Å². The van der Waals surface area contributed by atoms with E-state index in [1.54, 1.807) is 0 Å². The highest BCUT2D eigenvalue weighted by atomic mass is 16.5. The molecule has 2 fully saturated rings. The van der Waals surface area contributed by atoms with Crippen LogP contribution in [0.3, 0.4) is 0 Å². The van der Waals surface area contributed by atoms with Gasteiger partial charge in [0.25, 0.3) is 0 Å². The van der Waals surface area contributed by atoms with Crippen molar-refractivity contribution in [3.63, 3.8) is 0 Å². The van der Waals surface area contributed by atoms with Gasteiger partial charge in [0.05, 0.1) is 26.1 Å². The van der Waals surface area contributed by atoms with E-state index in [0.717, 1.165) is 0 Å². The molecule has 2 bridgehead atoms. The zero-order valence-electron chi connectivity index (χ0n) is 9.26. The molecule has 16 heavy (non-hydrogen) atoms. The van der Waals surface area contributed by atoms with Crippen LogP contribution in [0.4, 0.5) is 0 Å². The summed E-state index contributed by atoms with van der Waals surface area (Å²) in [5.41, 5.74) is 0. The molecule has 2 rings (SSSR count). The van der Waals surface area contributed by atoms with Crippen molar-refractivity contribution < 1.29 is 23.9 Å². The number of hydrogen-bond acceptors (Lipinski definition) is 5. The minimum absolute atomic E-state index is 0.0472. The van der Waals surface area contributed by atoms with Gasteiger partial charge in [-0.1, -0.05) is 0 Å². The Morgan fingerprint density at radius 3 is 2.25 bits per heavy atom. The number of rotatable bonds is 2. The molecule has 88 valence electrons. The summed E-state index contributed by atoms with van der Waals surface area (Å²) < 4.78 is 9.35. The average molecular weight is 226 g/mol. The van der Waals surface area contributed by atoms with Crippen LogP contribution in [0.2, 0.25) is 0 Å². The molecule has 2 aliphatic carbocycles. The molecule has 0 aromatic heterocycles. The molecule has 5 heteroatoms. The molecule has 2 aliphatic rings. The predicted molar refractivity (Wildman–Crippen MR) is 52.2 cm³/mol. The SMILES string of the molecule is COC(=O)[C@@H]1[C@H]2CC(=O)[C@@H](C2)[C@@H]1C(=O)OC. The molecule has 0 unspecified atom stereocenters. The molecule has 0 heterocycles. The smallest absolute Gasteiger partial charge is 0.310 e. The number of methoxy groups -OCH3 is 2. The molecular weight excluding hydrogens is 212 g/mol. The quantitative estimate of drug-likeness (QED) is 0.628. The first-order valence-corrected chi connectivity index (χ1v) is 5.28. The van der Waals surface area contributed by atoms with E-state index in [9.17, 15) is 14.4 Å². The Hall–Kier alpha value is -1.39. The lowest BCUT2D eigenvalue weighted by Gasteiger charge is -2.25. The van der Waals surface area contributed by atoms with E-state index in [2.05, 4.69) is 9.47 Å². The maximum absolute atomic E-state index is 11.6. The number of fused-ring (bicyclic) bond motifs is 2. The van der Waals surface area contributed by atoms with E-state index < -0.39 is 23.8 Å². The van der Waals surface area contributed by atoms with Gasteiger partial charge in [0.1, 0.15) is 5.78 Å². The largest absolute Gasteiger partial charge is 0.469 e. The lowest BCUT2D eigenvalue weighted by molar-refractivity contribution is -0.161. The van der Waals surface area contributed by atoms with Crippen LogP contribution in [0.5, 0.6) is 0 Å². The molecule has 0 N–H and O–H groups in total. The molecule has 0 amide bonds. The Bertz CT molecular complexity index is 348. The number of Topliss-reactive ketones (excluding diaryl/α,β-unsaturated/α-hetero) is 1. The highest BCUT2D eigenvalue weighted by Gasteiger charge is 2.58. The molecule has 2 saturated carbocycles. The summed E-state index contributed by atoms with van der Waals surface area (Å²) in [6, 6.07) is 0. The van der Waals surface area contributed by atoms with E-state index in [1.165, 1.54) is 14.2 Å². The summed E-state index contributed by atoms with van der Waals surface area (Å²) in [5.74, 6) is -2.34. The van der Waals surface area contributed by atoms with Gasteiger partial charge < -0.3 is 9.47 Å². The van der Waals surface area contributed by atoms with Gasteiger partial charge in [-0.2, -0.15) is 0 Å². The number of esters is 2. The van der Waals surface area contributed by atoms with Gasteiger partial charge in [-0.05, 0) is 12.3 Å². The Labute approximate surface area is 93.1 Å². The highest BCUT2D eigenvalue weighted by Crippen LogP contribution is 2.51. The summed E-state index contributed by atoms with van der Waals surface area (Å²) >= 11 is 0. The van der Waals surface area contributed by atoms with Crippen LogP contribution in [-0.2, 0) is 23.9 Å². The summed E-state index contributed by atoms with van der Waals surface area (Å²) in [6.07, 6.45) is 0.996. The number of ketones is 1. The average Bonchev–Trinajstić information content (AvgIpc) is 2.82. The zero-order chi connectivity index (χ0) is 11.9. The van der Waals surface area contributed by atoms with Crippen LogP contribution >= 0.6 is 0 Å². The van der Waals surface area contributed by atoms with Crippen molar-refractivity contribution in [1.29, 1.82) is 0 Å². The molecule has 0 saturated heterocycles. The van der Waals surface area contributed by atoms with Crippen molar-refractivity contribution in [2.24, 2.45) is 23.7 Å². The van der Waals surface area contributed by atoms with E-state index in [-0.39, 0.29) is 17.6 Å². The van der Waals surface area contributed by atoms with Crippen molar-refractivity contribution in [3.05, 3.63) is 0 Å². The first kappa shape index (κ1) is 11.1. The zero-order valence-corrected chi connectivity index (χ0v) is 9.26. The van der Waals surface area contributed by atoms with E-state index in [4.69, 9.17) is 0 Å². The molecule has 0 radical (unpaired) electrons. The molecule has 0 aromatic carbocycles. The first-order valence-electron chi connectivity index (χ1n) is 5.28. The van der Waals surface area contributed by atoms with Crippen molar-refractivity contribution >= 4 is 17.7 Å². The molecule has 5 nitrogen and oxygen atoms in total. The van der Waals surface area contributed by atoms with Crippen LogP contribution in [-0.4, -0.2) is 31.9 Å². The molecule has 0 aromatic rings. The summed E-state index contributed by atoms with van der Waals surface area (Å²) in [4.78, 5) is 34.8. The van der Waals surface area contributed by atoms with Gasteiger partial charge in [0.15, 0.2) is 0 Å². The van der Waals surface area contributed by atoms with Crippen molar-refractivity contribution in [2.45, 2.75) is 12.8 Å². The Morgan fingerprint density at radius 1 is 1.12 bits per heavy atom. The van der Waals surface area contributed by atoms with E-state index in [1.807, 2.05) is 0 Å². The van der Waals surface area contributed by atoms with Gasteiger partial charge in [-0.25, -0.2) is 0 Å². The van der Waals surface area contributed by atoms with Crippen LogP contribution < -0.4 is 0 Å². The summed E-state index contributed by atoms with van der Waals surface area (Å²) in [5, 5.41) is 0. The van der Waals surface area contributed by atoms with Crippen molar-refractivity contribution in [2.75, 3.05) is 14.2 Å². The summed E-state index contributed by atoms with van der Waals surface area (Å²) in [7, 11) is 2.57. The van der Waals surface area contributed by atoms with Gasteiger partial charge in [0.2, 0.25) is 0 Å². The fourth-order valence-electron chi connectivity index (χ4n) is 3.04. The van der Waals surface area contributed by atoms with Crippen LogP contribution in [0, 0.1) is 23.7 Å². The fourth-order valence-corrected chi connectivity index (χ4v) is 3.04. The Kier molecular flexibility index (Phi) is 2.69. The lowest BCUT2D eigenvalue weighted by Crippen LogP contribution is -2.39. The maximum Gasteiger partial charge on any atom is 0.310 e. The second-order valence-electron chi connectivity index (χ2n) is 4.37. The highest BCUT2D eigenvalue weighted by molar-refractivity contribution is 5.94. The number of carbonyl (C=O) groups is 3. The molecular formula is C11H14O5. The lowest BCUT2D eigenvalue weighted by atomic mass is 9.78.